The topological polar surface area (TPSA) is 0 Å². The predicted molar refractivity (Wildman–Crippen MR) is 42.2 cm³/mol. The Labute approximate surface area is 86.7 Å². The fourth-order valence-electron chi connectivity index (χ4n) is 0.501. The molecule has 0 unspecified atom stereocenters. The van der Waals surface area contributed by atoms with Gasteiger partial charge in [-0.3, -0.25) is 0 Å². The van der Waals surface area contributed by atoms with Gasteiger partial charge in [-0.15, -0.1) is 0 Å². The van der Waals surface area contributed by atoms with Gasteiger partial charge in [-0.05, 0) is 0 Å². The molecule has 0 saturated carbocycles. The molecule has 0 radical (unpaired) electrons. The smallest absolute Gasteiger partial charge is 0.172 e. The van der Waals surface area contributed by atoms with Gasteiger partial charge in [-0.25, -0.2) is 12.1 Å². The van der Waals surface area contributed by atoms with Crippen molar-refractivity contribution in [3.8, 4) is 0 Å². The van der Waals surface area contributed by atoms with Crippen LogP contribution in [0.15, 0.2) is 36.4 Å². The van der Waals surface area contributed by atoms with E-state index in [1.165, 1.54) is 0 Å². The second-order valence-corrected chi connectivity index (χ2v) is 1.65. The maximum Gasteiger partial charge on any atom is -0.172 e. The van der Waals surface area contributed by atoms with Gasteiger partial charge < -0.3 is 30.3 Å². The number of rotatable bonds is 0. The zero-order chi connectivity index (χ0) is 7.07. The molecule has 0 saturated heterocycles. The Morgan fingerprint density at radius 2 is 1.45 bits per heavy atom. The molecule has 0 aliphatic carbocycles. The minimum atomic E-state index is 0. The van der Waals surface area contributed by atoms with Crippen LogP contribution in [-0.2, 0) is 26.2 Å². The average molecular weight is 219 g/mol. The van der Waals surface area contributed by atoms with Crippen molar-refractivity contribution in [2.24, 2.45) is 0 Å². The van der Waals surface area contributed by atoms with Crippen molar-refractivity contribution in [2.45, 2.75) is 0 Å². The zero-order valence-electron chi connectivity index (χ0n) is 6.17. The first-order chi connectivity index (χ1) is 5.00. The molecule has 2 rings (SSSR count). The largest absolute Gasteiger partial charge is 0.999 e. The fourth-order valence-corrected chi connectivity index (χ4v) is 0.501. The number of hydrogen-bond donors (Lipinski definition) is 0. The Bertz CT molecular complexity index is 144. The van der Waals surface area contributed by atoms with Crippen LogP contribution < -0.4 is 0 Å². The van der Waals surface area contributed by atoms with Crippen LogP contribution in [0.4, 0.5) is 0 Å². The minimum absolute atomic E-state index is 0. The first-order valence-corrected chi connectivity index (χ1v) is 2.99. The van der Waals surface area contributed by atoms with E-state index in [1.807, 2.05) is 30.3 Å². The van der Waals surface area contributed by atoms with Gasteiger partial charge in [0.05, 0.1) is 0 Å². The molecule has 2 aromatic carbocycles. The molecule has 1 heteroatoms. The van der Waals surface area contributed by atoms with Crippen LogP contribution in [0.25, 0.3) is 0 Å². The molecule has 0 nitrogen and oxygen atoms in total. The van der Waals surface area contributed by atoms with Crippen LogP contribution in [0.1, 0.15) is 0 Å². The first-order valence-electron chi connectivity index (χ1n) is 2.99. The van der Waals surface area contributed by atoms with Crippen molar-refractivity contribution in [3.05, 3.63) is 60.7 Å². The molecule has 0 aromatic heterocycles. The summed E-state index contributed by atoms with van der Waals surface area (Å²) in [5.41, 5.74) is 0. The van der Waals surface area contributed by atoms with Gasteiger partial charge in [-0.1, -0.05) is 0 Å². The van der Waals surface area contributed by atoms with Crippen LogP contribution in [0.5, 0.6) is 0 Å². The summed E-state index contributed by atoms with van der Waals surface area (Å²) in [4.78, 5) is 0. The van der Waals surface area contributed by atoms with E-state index >= 15 is 0 Å². The Balaban J connectivity index is 0.000000167. The van der Waals surface area contributed by atoms with Crippen LogP contribution in [0, 0.1) is 24.3 Å². The Morgan fingerprint density at radius 1 is 0.909 bits per heavy atom. The van der Waals surface area contributed by atoms with E-state index in [4.69, 9.17) is 0 Å². The van der Waals surface area contributed by atoms with Gasteiger partial charge in [0, 0.05) is 0 Å². The van der Waals surface area contributed by atoms with Crippen molar-refractivity contribution in [1.82, 2.24) is 0 Å². The van der Waals surface area contributed by atoms with E-state index in [9.17, 15) is 0 Å². The molecule has 2 aromatic rings. The van der Waals surface area contributed by atoms with E-state index in [2.05, 4.69) is 24.3 Å². The van der Waals surface area contributed by atoms with Crippen LogP contribution >= 0.6 is 0 Å². The van der Waals surface area contributed by atoms with Gasteiger partial charge in [0.2, 0.25) is 0 Å². The SMILES string of the molecule is [ZrH2].[c-]1[c-][c-][cH-][c-]1.c1cc[cH-]c1. The summed E-state index contributed by atoms with van der Waals surface area (Å²) in [6, 6.07) is 22.0. The third kappa shape index (κ3) is 6.00. The van der Waals surface area contributed by atoms with Crippen LogP contribution in [0.2, 0.25) is 0 Å². The molecule has 0 amide bonds. The van der Waals surface area contributed by atoms with Crippen molar-refractivity contribution in [1.29, 1.82) is 0 Å². The second kappa shape index (κ2) is 7.69. The first kappa shape index (κ1) is 10.6. The van der Waals surface area contributed by atoms with Gasteiger partial charge in [0.25, 0.3) is 0 Å². The molecule has 0 heterocycles. The summed E-state index contributed by atoms with van der Waals surface area (Å²) in [7, 11) is 0. The van der Waals surface area contributed by atoms with Gasteiger partial charge in [0.15, 0.2) is 0 Å². The monoisotopic (exact) mass is 218 g/mol. The molecule has 58 valence electrons. The quantitative estimate of drug-likeness (QED) is 0.589. The Morgan fingerprint density at radius 3 is 1.64 bits per heavy atom. The summed E-state index contributed by atoms with van der Waals surface area (Å²) in [6.45, 7) is 0. The summed E-state index contributed by atoms with van der Waals surface area (Å²) in [6.07, 6.45) is 0. The molecule has 11 heavy (non-hydrogen) atoms. The van der Waals surface area contributed by atoms with E-state index < -0.39 is 0 Å². The normalized spacial score (nSPS) is 7.27. The summed E-state index contributed by atoms with van der Waals surface area (Å²) in [5, 5.41) is 0. The summed E-state index contributed by atoms with van der Waals surface area (Å²) in [5.74, 6) is 0. The van der Waals surface area contributed by atoms with Crippen LogP contribution in [-0.4, -0.2) is 0 Å². The van der Waals surface area contributed by atoms with Gasteiger partial charge in [0.1, 0.15) is 0 Å². The Hall–Kier alpha value is -0.417. The van der Waals surface area contributed by atoms with Crippen molar-refractivity contribution in [2.75, 3.05) is 0 Å². The molecule has 0 spiro atoms. The Kier molecular flexibility index (Phi) is 7.40. The maximum absolute atomic E-state index is 2.62. The predicted octanol–water partition coefficient (Wildman–Crippen LogP) is 1.47. The molecule has 0 fully saturated rings. The van der Waals surface area contributed by atoms with E-state index in [-0.39, 0.29) is 26.2 Å². The molecule has 0 N–H and O–H groups in total. The van der Waals surface area contributed by atoms with E-state index in [0.717, 1.165) is 0 Å². The third-order valence-electron chi connectivity index (χ3n) is 0.907. The zero-order valence-corrected chi connectivity index (χ0v) is 9.65. The second-order valence-electron chi connectivity index (χ2n) is 1.65. The number of hydrogen-bond acceptors (Lipinski definition) is 0. The van der Waals surface area contributed by atoms with Gasteiger partial charge >= 0.3 is 26.2 Å². The van der Waals surface area contributed by atoms with Crippen molar-refractivity contribution in [3.63, 3.8) is 0 Å². The standard InChI is InChI=1S/C5H5.C5H.Zr.2H/c2*1-2-4-5-3-1;;;/h1-5H;1H;;;/q-1;-5;;;. The third-order valence-corrected chi connectivity index (χ3v) is 0.907. The molecule has 0 aliphatic heterocycles. The molecular formula is C10H8Zr-6. The van der Waals surface area contributed by atoms with Crippen molar-refractivity contribution < 1.29 is 26.2 Å². The van der Waals surface area contributed by atoms with E-state index in [0.29, 0.717) is 0 Å². The molecule has 0 atom stereocenters. The van der Waals surface area contributed by atoms with Gasteiger partial charge in [-0.2, -0.15) is 18.2 Å². The maximum atomic E-state index is 2.62. The fraction of sp³-hybridized carbons (Fsp3) is 0. The molecule has 0 aliphatic rings. The molecule has 0 bridgehead atoms. The van der Waals surface area contributed by atoms with Crippen LogP contribution in [0.3, 0.4) is 0 Å². The van der Waals surface area contributed by atoms with Crippen molar-refractivity contribution >= 4 is 0 Å². The van der Waals surface area contributed by atoms with E-state index in [1.54, 1.807) is 6.07 Å². The summed E-state index contributed by atoms with van der Waals surface area (Å²) >= 11 is 0. The minimum Gasteiger partial charge on any atom is -0.999 e. The summed E-state index contributed by atoms with van der Waals surface area (Å²) < 4.78 is 0. The average Bonchev–Trinajstić information content (AvgIpc) is 2.67. The molecular weight excluding hydrogens is 211 g/mol.